The van der Waals surface area contributed by atoms with Crippen molar-refractivity contribution in [1.82, 2.24) is 0 Å². The number of para-hydroxylation sites is 1. The molecule has 0 N–H and O–H groups in total. The zero-order chi connectivity index (χ0) is 11.4. The molecule has 1 aromatic rings. The molecule has 0 aliphatic carbocycles. The summed E-state index contributed by atoms with van der Waals surface area (Å²) in [6.45, 7) is 2.65. The molecule has 2 nitrogen and oxygen atoms in total. The molecular formula is C13H16ClNO. The van der Waals surface area contributed by atoms with E-state index < -0.39 is 0 Å². The Morgan fingerprint density at radius 2 is 2.25 bits per heavy atom. The second-order valence-electron chi connectivity index (χ2n) is 3.89. The molecule has 0 saturated heterocycles. The second-order valence-corrected chi connectivity index (χ2v) is 4.27. The van der Waals surface area contributed by atoms with Gasteiger partial charge in [-0.15, -0.1) is 11.6 Å². The van der Waals surface area contributed by atoms with Gasteiger partial charge in [0.1, 0.15) is 0 Å². The SMILES string of the molecule is CCOC1=Nc2ccccc2CC1CCCl. The van der Waals surface area contributed by atoms with E-state index in [2.05, 4.69) is 17.1 Å². The van der Waals surface area contributed by atoms with E-state index in [0.29, 0.717) is 18.4 Å². The average molecular weight is 238 g/mol. The molecule has 0 saturated carbocycles. The number of hydrogen-bond donors (Lipinski definition) is 0. The standard InChI is InChI=1S/C13H16ClNO/c1-2-16-13-11(7-8-14)9-10-5-3-4-6-12(10)15-13/h3-6,11H,2,7-9H2,1H3. The quantitative estimate of drug-likeness (QED) is 0.737. The van der Waals surface area contributed by atoms with Crippen molar-refractivity contribution in [1.29, 1.82) is 0 Å². The summed E-state index contributed by atoms with van der Waals surface area (Å²) in [5.74, 6) is 1.84. The van der Waals surface area contributed by atoms with Crippen LogP contribution in [0.3, 0.4) is 0 Å². The van der Waals surface area contributed by atoms with Crippen LogP contribution in [0.15, 0.2) is 29.3 Å². The molecule has 0 bridgehead atoms. The maximum atomic E-state index is 5.82. The molecule has 2 rings (SSSR count). The molecule has 86 valence electrons. The molecule has 3 heteroatoms. The number of ether oxygens (including phenoxy) is 1. The van der Waals surface area contributed by atoms with Crippen LogP contribution in [0.1, 0.15) is 18.9 Å². The Balaban J connectivity index is 2.27. The van der Waals surface area contributed by atoms with Crippen LogP contribution in [-0.4, -0.2) is 18.4 Å². The van der Waals surface area contributed by atoms with Crippen molar-refractivity contribution in [2.45, 2.75) is 19.8 Å². The van der Waals surface area contributed by atoms with Gasteiger partial charge < -0.3 is 4.74 Å². The lowest BCUT2D eigenvalue weighted by Gasteiger charge is -2.23. The Kier molecular flexibility index (Phi) is 3.83. The molecule has 0 amide bonds. The van der Waals surface area contributed by atoms with E-state index in [9.17, 15) is 0 Å². The molecule has 0 aromatic heterocycles. The first-order valence-corrected chi connectivity index (χ1v) is 6.23. The van der Waals surface area contributed by atoms with Gasteiger partial charge in [-0.05, 0) is 31.4 Å². The highest BCUT2D eigenvalue weighted by Gasteiger charge is 2.23. The fourth-order valence-corrected chi connectivity index (χ4v) is 2.27. The van der Waals surface area contributed by atoms with Crippen LogP contribution >= 0.6 is 11.6 Å². The van der Waals surface area contributed by atoms with Crippen LogP contribution in [0, 0.1) is 5.92 Å². The highest BCUT2D eigenvalue weighted by Crippen LogP contribution is 2.30. The topological polar surface area (TPSA) is 21.6 Å². The summed E-state index contributed by atoms with van der Waals surface area (Å²) in [5, 5.41) is 0. The van der Waals surface area contributed by atoms with E-state index in [1.807, 2.05) is 19.1 Å². The monoisotopic (exact) mass is 237 g/mol. The molecule has 1 aromatic carbocycles. The Morgan fingerprint density at radius 3 is 3.00 bits per heavy atom. The van der Waals surface area contributed by atoms with Crippen molar-refractivity contribution < 1.29 is 4.74 Å². The van der Waals surface area contributed by atoms with Gasteiger partial charge in [-0.2, -0.15) is 0 Å². The van der Waals surface area contributed by atoms with E-state index in [1.165, 1.54) is 5.56 Å². The minimum atomic E-state index is 0.340. The molecule has 16 heavy (non-hydrogen) atoms. The maximum absolute atomic E-state index is 5.82. The number of rotatable bonds is 3. The third kappa shape index (κ3) is 2.38. The summed E-state index contributed by atoms with van der Waals surface area (Å²) in [6.07, 6.45) is 1.91. The predicted molar refractivity (Wildman–Crippen MR) is 67.7 cm³/mol. The highest BCUT2D eigenvalue weighted by atomic mass is 35.5. The van der Waals surface area contributed by atoms with Crippen LogP contribution in [0.25, 0.3) is 0 Å². The molecule has 1 unspecified atom stereocenters. The lowest BCUT2D eigenvalue weighted by atomic mass is 9.93. The summed E-state index contributed by atoms with van der Waals surface area (Å²) in [5.41, 5.74) is 2.33. The van der Waals surface area contributed by atoms with Crippen molar-refractivity contribution >= 4 is 23.2 Å². The molecule has 0 spiro atoms. The van der Waals surface area contributed by atoms with Crippen molar-refractivity contribution in [2.75, 3.05) is 12.5 Å². The Bertz CT molecular complexity index is 389. The number of halogens is 1. The fourth-order valence-electron chi connectivity index (χ4n) is 2.01. The van der Waals surface area contributed by atoms with Crippen molar-refractivity contribution in [3.63, 3.8) is 0 Å². The number of alkyl halides is 1. The van der Waals surface area contributed by atoms with Crippen molar-refractivity contribution in [3.8, 4) is 0 Å². The van der Waals surface area contributed by atoms with Gasteiger partial charge in [-0.25, -0.2) is 4.99 Å². The van der Waals surface area contributed by atoms with E-state index in [4.69, 9.17) is 16.3 Å². The third-order valence-electron chi connectivity index (χ3n) is 2.79. The number of benzene rings is 1. The number of nitrogens with zero attached hydrogens (tertiary/aromatic N) is 1. The first-order chi connectivity index (χ1) is 7.85. The Morgan fingerprint density at radius 1 is 1.44 bits per heavy atom. The van der Waals surface area contributed by atoms with E-state index in [0.717, 1.165) is 24.4 Å². The summed E-state index contributed by atoms with van der Waals surface area (Å²) < 4.78 is 5.60. The van der Waals surface area contributed by atoms with Crippen molar-refractivity contribution in [3.05, 3.63) is 29.8 Å². The van der Waals surface area contributed by atoms with Crippen LogP contribution in [0.4, 0.5) is 5.69 Å². The zero-order valence-electron chi connectivity index (χ0n) is 9.45. The smallest absolute Gasteiger partial charge is 0.191 e. The largest absolute Gasteiger partial charge is 0.481 e. The second kappa shape index (κ2) is 5.35. The van der Waals surface area contributed by atoms with Crippen LogP contribution in [0.2, 0.25) is 0 Å². The van der Waals surface area contributed by atoms with Crippen LogP contribution in [0.5, 0.6) is 0 Å². The number of fused-ring (bicyclic) bond motifs is 1. The summed E-state index contributed by atoms with van der Waals surface area (Å²) in [6, 6.07) is 8.22. The molecule has 1 aliphatic rings. The van der Waals surface area contributed by atoms with E-state index in [-0.39, 0.29) is 0 Å². The predicted octanol–water partition coefficient (Wildman–Crippen LogP) is 3.55. The Hall–Kier alpha value is -1.02. The lowest BCUT2D eigenvalue weighted by Crippen LogP contribution is -2.23. The molecule has 1 atom stereocenters. The molecule has 1 aliphatic heterocycles. The first-order valence-electron chi connectivity index (χ1n) is 5.70. The summed E-state index contributed by atoms with van der Waals surface area (Å²) >= 11 is 5.82. The van der Waals surface area contributed by atoms with Gasteiger partial charge in [0.2, 0.25) is 0 Å². The van der Waals surface area contributed by atoms with Crippen LogP contribution < -0.4 is 0 Å². The van der Waals surface area contributed by atoms with E-state index >= 15 is 0 Å². The van der Waals surface area contributed by atoms with Gasteiger partial charge in [0, 0.05) is 11.8 Å². The van der Waals surface area contributed by atoms with Gasteiger partial charge in [0.25, 0.3) is 0 Å². The zero-order valence-corrected chi connectivity index (χ0v) is 10.2. The van der Waals surface area contributed by atoms with Crippen molar-refractivity contribution in [2.24, 2.45) is 10.9 Å². The number of hydrogen-bond acceptors (Lipinski definition) is 2. The third-order valence-corrected chi connectivity index (χ3v) is 3.01. The lowest BCUT2D eigenvalue weighted by molar-refractivity contribution is 0.296. The van der Waals surface area contributed by atoms with Gasteiger partial charge in [-0.3, -0.25) is 0 Å². The van der Waals surface area contributed by atoms with Crippen LogP contribution in [-0.2, 0) is 11.2 Å². The normalized spacial score (nSPS) is 18.9. The van der Waals surface area contributed by atoms with Gasteiger partial charge in [0.15, 0.2) is 5.90 Å². The highest BCUT2D eigenvalue weighted by molar-refractivity contribution is 6.18. The molecule has 1 heterocycles. The minimum Gasteiger partial charge on any atom is -0.481 e. The van der Waals surface area contributed by atoms with Gasteiger partial charge in [0.05, 0.1) is 12.3 Å². The Labute approximate surface area is 101 Å². The molecular weight excluding hydrogens is 222 g/mol. The minimum absolute atomic E-state index is 0.340. The average Bonchev–Trinajstić information content (AvgIpc) is 2.30. The summed E-state index contributed by atoms with van der Waals surface area (Å²) in [4.78, 5) is 4.57. The first kappa shape index (κ1) is 11.5. The summed E-state index contributed by atoms with van der Waals surface area (Å²) in [7, 11) is 0. The number of aliphatic imine (C=N–C) groups is 1. The molecule has 0 radical (unpaired) electrons. The van der Waals surface area contributed by atoms with E-state index in [1.54, 1.807) is 0 Å². The van der Waals surface area contributed by atoms with Gasteiger partial charge in [-0.1, -0.05) is 18.2 Å². The van der Waals surface area contributed by atoms with Gasteiger partial charge >= 0.3 is 0 Å². The molecule has 0 fully saturated rings. The maximum Gasteiger partial charge on any atom is 0.191 e. The fraction of sp³-hybridized carbons (Fsp3) is 0.462.